The van der Waals surface area contributed by atoms with Gasteiger partial charge in [-0.15, -0.1) is 0 Å². The first-order valence-corrected chi connectivity index (χ1v) is 7.73. The Hall–Kier alpha value is -2.74. The number of nitrogens with zero attached hydrogens (tertiary/aromatic N) is 4. The lowest BCUT2D eigenvalue weighted by molar-refractivity contribution is 0.0948. The van der Waals surface area contributed by atoms with Crippen molar-refractivity contribution in [2.24, 2.45) is 7.05 Å². The summed E-state index contributed by atoms with van der Waals surface area (Å²) < 4.78 is 6.69. The third-order valence-electron chi connectivity index (χ3n) is 3.79. The molecule has 3 heterocycles. The van der Waals surface area contributed by atoms with E-state index in [2.05, 4.69) is 15.3 Å². The molecule has 0 bridgehead atoms. The van der Waals surface area contributed by atoms with Crippen molar-refractivity contribution in [3.8, 4) is 0 Å². The van der Waals surface area contributed by atoms with Crippen molar-refractivity contribution in [2.75, 3.05) is 31.2 Å². The van der Waals surface area contributed by atoms with E-state index in [1.54, 1.807) is 31.6 Å². The lowest BCUT2D eigenvalue weighted by Gasteiger charge is -2.26. The Morgan fingerprint density at radius 1 is 1.33 bits per heavy atom. The largest absolute Gasteiger partial charge is 0.378 e. The van der Waals surface area contributed by atoms with Gasteiger partial charge in [0.2, 0.25) is 5.95 Å². The van der Waals surface area contributed by atoms with Crippen LogP contribution in [0.15, 0.2) is 35.4 Å². The molecule has 0 radical (unpaired) electrons. The lowest BCUT2D eigenvalue weighted by atomic mass is 10.2. The van der Waals surface area contributed by atoms with Gasteiger partial charge in [-0.2, -0.15) is 0 Å². The lowest BCUT2D eigenvalue weighted by Crippen LogP contribution is -2.37. The summed E-state index contributed by atoms with van der Waals surface area (Å²) in [4.78, 5) is 34.9. The van der Waals surface area contributed by atoms with E-state index in [0.717, 1.165) is 13.1 Å². The third kappa shape index (κ3) is 3.60. The first-order valence-electron chi connectivity index (χ1n) is 7.73. The van der Waals surface area contributed by atoms with Crippen LogP contribution in [0.25, 0.3) is 0 Å². The summed E-state index contributed by atoms with van der Waals surface area (Å²) in [6.07, 6.45) is 3.28. The number of hydrogen-bond donors (Lipinski definition) is 1. The molecule has 0 aliphatic carbocycles. The number of pyridine rings is 1. The minimum atomic E-state index is -0.414. The Morgan fingerprint density at radius 3 is 2.92 bits per heavy atom. The molecule has 126 valence electrons. The third-order valence-corrected chi connectivity index (χ3v) is 3.79. The van der Waals surface area contributed by atoms with Crippen LogP contribution in [0.5, 0.6) is 0 Å². The molecule has 8 heteroatoms. The van der Waals surface area contributed by atoms with Gasteiger partial charge in [0.25, 0.3) is 11.5 Å². The zero-order valence-electron chi connectivity index (χ0n) is 13.4. The van der Waals surface area contributed by atoms with Gasteiger partial charge in [0.05, 0.1) is 25.5 Å². The molecule has 2 aromatic rings. The van der Waals surface area contributed by atoms with Gasteiger partial charge in [0, 0.05) is 32.5 Å². The Labute approximate surface area is 139 Å². The predicted molar refractivity (Wildman–Crippen MR) is 87.9 cm³/mol. The van der Waals surface area contributed by atoms with Gasteiger partial charge in [-0.3, -0.25) is 9.59 Å². The number of amides is 1. The number of ether oxygens (including phenoxy) is 1. The fraction of sp³-hybridized carbons (Fsp3) is 0.375. The van der Waals surface area contributed by atoms with Crippen LogP contribution < -0.4 is 15.8 Å². The molecule has 8 nitrogen and oxygen atoms in total. The Kier molecular flexibility index (Phi) is 4.85. The normalized spacial score (nSPS) is 14.5. The second kappa shape index (κ2) is 7.22. The van der Waals surface area contributed by atoms with Gasteiger partial charge < -0.3 is 19.5 Å². The van der Waals surface area contributed by atoms with Crippen LogP contribution in [0.3, 0.4) is 0 Å². The summed E-state index contributed by atoms with van der Waals surface area (Å²) in [7, 11) is 1.61. The summed E-state index contributed by atoms with van der Waals surface area (Å²) in [6, 6.07) is 4.92. The van der Waals surface area contributed by atoms with Gasteiger partial charge >= 0.3 is 0 Å². The summed E-state index contributed by atoms with van der Waals surface area (Å²) in [6.45, 7) is 3.03. The highest BCUT2D eigenvalue weighted by Crippen LogP contribution is 2.09. The first kappa shape index (κ1) is 16.1. The molecule has 0 unspecified atom stereocenters. The van der Waals surface area contributed by atoms with E-state index in [0.29, 0.717) is 24.9 Å². The molecule has 3 rings (SSSR count). The van der Waals surface area contributed by atoms with E-state index >= 15 is 0 Å². The van der Waals surface area contributed by atoms with Crippen LogP contribution in [-0.4, -0.2) is 46.7 Å². The molecular weight excluding hydrogens is 310 g/mol. The monoisotopic (exact) mass is 329 g/mol. The molecule has 1 saturated heterocycles. The number of carbonyl (C=O) groups excluding carboxylic acids is 1. The number of morpholine rings is 1. The van der Waals surface area contributed by atoms with E-state index in [4.69, 9.17) is 4.74 Å². The van der Waals surface area contributed by atoms with Crippen LogP contribution in [0.2, 0.25) is 0 Å². The molecule has 2 aromatic heterocycles. The van der Waals surface area contributed by atoms with Crippen molar-refractivity contribution >= 4 is 11.9 Å². The summed E-state index contributed by atoms with van der Waals surface area (Å²) >= 11 is 0. The number of aromatic nitrogens is 3. The number of carbonyl (C=O) groups is 1. The molecule has 1 aliphatic rings. The Morgan fingerprint density at radius 2 is 2.12 bits per heavy atom. The molecule has 1 amide bonds. The molecule has 0 spiro atoms. The maximum Gasteiger partial charge on any atom is 0.263 e. The Balaban J connectivity index is 1.67. The van der Waals surface area contributed by atoms with Crippen molar-refractivity contribution in [2.45, 2.75) is 6.54 Å². The Bertz CT molecular complexity index is 783. The van der Waals surface area contributed by atoms with E-state index in [-0.39, 0.29) is 17.7 Å². The maximum absolute atomic E-state index is 12.2. The molecule has 1 aliphatic heterocycles. The van der Waals surface area contributed by atoms with Gasteiger partial charge in [0.1, 0.15) is 5.56 Å². The number of nitrogens with one attached hydrogen (secondary N) is 1. The second-order valence-corrected chi connectivity index (χ2v) is 5.47. The van der Waals surface area contributed by atoms with E-state index in [1.807, 2.05) is 4.90 Å². The summed E-state index contributed by atoms with van der Waals surface area (Å²) in [5, 5.41) is 2.73. The highest BCUT2D eigenvalue weighted by atomic mass is 16.5. The van der Waals surface area contributed by atoms with Crippen molar-refractivity contribution < 1.29 is 9.53 Å². The molecule has 1 N–H and O–H groups in total. The number of anilines is 1. The van der Waals surface area contributed by atoms with Crippen LogP contribution in [0.1, 0.15) is 16.1 Å². The summed E-state index contributed by atoms with van der Waals surface area (Å²) in [5.74, 6) is 0.211. The van der Waals surface area contributed by atoms with Crippen molar-refractivity contribution in [1.82, 2.24) is 19.9 Å². The molecule has 0 aromatic carbocycles. The van der Waals surface area contributed by atoms with Gasteiger partial charge in [-0.05, 0) is 18.2 Å². The van der Waals surface area contributed by atoms with Crippen LogP contribution in [0, 0.1) is 0 Å². The fourth-order valence-electron chi connectivity index (χ4n) is 2.43. The standard InChI is InChI=1S/C16H19N5O3/c1-20-6-2-3-13(15(20)23)14(22)18-11-12-4-5-17-16(19-12)21-7-9-24-10-8-21/h2-6H,7-11H2,1H3,(H,18,22). The minimum absolute atomic E-state index is 0.113. The predicted octanol–water partition coefficient (Wildman–Crippen LogP) is -0.0581. The quantitative estimate of drug-likeness (QED) is 0.845. The first-order chi connectivity index (χ1) is 11.6. The summed E-state index contributed by atoms with van der Waals surface area (Å²) in [5.41, 5.74) is 0.474. The van der Waals surface area contributed by atoms with Gasteiger partial charge in [-0.25, -0.2) is 9.97 Å². The fourth-order valence-corrected chi connectivity index (χ4v) is 2.43. The highest BCUT2D eigenvalue weighted by Gasteiger charge is 2.15. The molecule has 24 heavy (non-hydrogen) atoms. The molecule has 1 fully saturated rings. The maximum atomic E-state index is 12.2. The molecular formula is C16H19N5O3. The van der Waals surface area contributed by atoms with Crippen molar-refractivity contribution in [1.29, 1.82) is 0 Å². The minimum Gasteiger partial charge on any atom is -0.378 e. The van der Waals surface area contributed by atoms with E-state index < -0.39 is 5.91 Å². The van der Waals surface area contributed by atoms with E-state index in [1.165, 1.54) is 10.6 Å². The average Bonchev–Trinajstić information content (AvgIpc) is 2.63. The number of aryl methyl sites for hydroxylation is 1. The smallest absolute Gasteiger partial charge is 0.263 e. The molecule has 0 saturated carbocycles. The van der Waals surface area contributed by atoms with Gasteiger partial charge in [-0.1, -0.05) is 0 Å². The number of hydrogen-bond acceptors (Lipinski definition) is 6. The van der Waals surface area contributed by atoms with Crippen molar-refractivity contribution in [3.63, 3.8) is 0 Å². The van der Waals surface area contributed by atoms with Crippen LogP contribution >= 0.6 is 0 Å². The second-order valence-electron chi connectivity index (χ2n) is 5.47. The number of rotatable bonds is 4. The van der Waals surface area contributed by atoms with Gasteiger partial charge in [0.15, 0.2) is 0 Å². The zero-order chi connectivity index (χ0) is 16.9. The van der Waals surface area contributed by atoms with Crippen LogP contribution in [-0.2, 0) is 18.3 Å². The zero-order valence-corrected chi connectivity index (χ0v) is 13.4. The topological polar surface area (TPSA) is 89.3 Å². The highest BCUT2D eigenvalue weighted by molar-refractivity contribution is 5.93. The van der Waals surface area contributed by atoms with E-state index in [9.17, 15) is 9.59 Å². The van der Waals surface area contributed by atoms with Crippen LogP contribution in [0.4, 0.5) is 5.95 Å². The average molecular weight is 329 g/mol. The molecule has 0 atom stereocenters. The van der Waals surface area contributed by atoms with Crippen molar-refractivity contribution in [3.05, 3.63) is 52.2 Å². The SMILES string of the molecule is Cn1cccc(C(=O)NCc2ccnc(N3CCOCC3)n2)c1=O.